The molecule has 2 atom stereocenters. The smallest absolute Gasteiger partial charge is 0.327 e. The Labute approximate surface area is 97.9 Å². The van der Waals surface area contributed by atoms with Crippen LogP contribution in [0.25, 0.3) is 0 Å². The largest absolute Gasteiger partial charge is 0.480 e. The number of carboxylic acids is 1. The van der Waals surface area contributed by atoms with Crippen LogP contribution in [0.2, 0.25) is 0 Å². The predicted molar refractivity (Wildman–Crippen MR) is 59.2 cm³/mol. The molecule has 0 aromatic rings. The minimum atomic E-state index is -1.06. The summed E-state index contributed by atoms with van der Waals surface area (Å²) in [7, 11) is 5.11. The fourth-order valence-corrected chi connectivity index (χ4v) is 2.37. The normalized spacial score (nSPS) is 24.6. The molecule has 0 spiro atoms. The Morgan fingerprint density at radius 2 is 2.31 bits per heavy atom. The summed E-state index contributed by atoms with van der Waals surface area (Å²) in [6.07, 6.45) is 0.0373. The molecule has 1 aliphatic heterocycles. The van der Waals surface area contributed by atoms with Gasteiger partial charge in [-0.25, -0.2) is 4.79 Å². The van der Waals surface area contributed by atoms with Crippen molar-refractivity contribution in [3.8, 4) is 0 Å². The second-order valence-electron chi connectivity index (χ2n) is 3.23. The Morgan fingerprint density at radius 3 is 2.81 bits per heavy atom. The van der Waals surface area contributed by atoms with Crippen LogP contribution in [0.4, 0.5) is 0 Å². The van der Waals surface area contributed by atoms with E-state index >= 15 is 0 Å². The van der Waals surface area contributed by atoms with Gasteiger partial charge in [0.2, 0.25) is 11.8 Å². The molecule has 1 rings (SSSR count). The van der Waals surface area contributed by atoms with Gasteiger partial charge in [-0.1, -0.05) is 0 Å². The SMILES string of the molecule is [B]CNC(=O)CC1SCC(C(=O)O)NC1=O. The predicted octanol–water partition coefficient (Wildman–Crippen LogP) is -1.70. The molecule has 0 aromatic heterocycles. The van der Waals surface area contributed by atoms with E-state index in [4.69, 9.17) is 13.0 Å². The highest BCUT2D eigenvalue weighted by Crippen LogP contribution is 2.20. The van der Waals surface area contributed by atoms with Gasteiger partial charge in [0.25, 0.3) is 0 Å². The van der Waals surface area contributed by atoms with E-state index in [-0.39, 0.29) is 24.5 Å². The molecule has 6 nitrogen and oxygen atoms in total. The molecule has 1 aliphatic rings. The van der Waals surface area contributed by atoms with Gasteiger partial charge in [-0.2, -0.15) is 0 Å². The molecule has 8 heteroatoms. The molecule has 86 valence electrons. The third-order valence-electron chi connectivity index (χ3n) is 2.04. The molecule has 0 saturated carbocycles. The first-order valence-electron chi connectivity index (χ1n) is 4.66. The average molecular weight is 242 g/mol. The third-order valence-corrected chi connectivity index (χ3v) is 3.35. The molecule has 3 N–H and O–H groups in total. The minimum absolute atomic E-state index is 0.0139. The standard InChI is InChI=1S/C8H11BN2O4S/c9-3-10-6(12)1-5-7(13)11-4(2-16-5)8(14)15/h4-5H,1-3H2,(H,10,12)(H,11,13)(H,14,15). The van der Waals surface area contributed by atoms with E-state index in [1.54, 1.807) is 0 Å². The van der Waals surface area contributed by atoms with Crippen LogP contribution < -0.4 is 10.6 Å². The van der Waals surface area contributed by atoms with E-state index in [0.29, 0.717) is 0 Å². The van der Waals surface area contributed by atoms with Gasteiger partial charge in [-0.3, -0.25) is 9.59 Å². The fraction of sp³-hybridized carbons (Fsp3) is 0.625. The van der Waals surface area contributed by atoms with Crippen molar-refractivity contribution in [1.29, 1.82) is 0 Å². The number of thioether (sulfide) groups is 1. The molecular weight excluding hydrogens is 231 g/mol. The third kappa shape index (κ3) is 3.44. The van der Waals surface area contributed by atoms with Crippen LogP contribution in [0, 0.1) is 0 Å². The second-order valence-corrected chi connectivity index (χ2v) is 4.47. The first-order chi connectivity index (χ1) is 7.54. The number of carbonyl (C=O) groups excluding carboxylic acids is 2. The van der Waals surface area contributed by atoms with Crippen molar-refractivity contribution >= 4 is 37.4 Å². The molecule has 0 aromatic carbocycles. The van der Waals surface area contributed by atoms with E-state index < -0.39 is 23.2 Å². The monoisotopic (exact) mass is 242 g/mol. The lowest BCUT2D eigenvalue weighted by atomic mass is 10.1. The molecule has 2 radical (unpaired) electrons. The summed E-state index contributed by atoms with van der Waals surface area (Å²) in [6, 6.07) is -0.869. The van der Waals surface area contributed by atoms with Gasteiger partial charge in [0.1, 0.15) is 6.04 Å². The molecule has 0 bridgehead atoms. The number of nitrogens with one attached hydrogen (secondary N) is 2. The molecular formula is C8H11BN2O4S. The van der Waals surface area contributed by atoms with Crippen LogP contribution in [-0.2, 0) is 14.4 Å². The van der Waals surface area contributed by atoms with E-state index in [1.165, 1.54) is 11.8 Å². The fourth-order valence-electron chi connectivity index (χ4n) is 1.23. The van der Waals surface area contributed by atoms with Gasteiger partial charge in [0, 0.05) is 12.2 Å². The van der Waals surface area contributed by atoms with Gasteiger partial charge >= 0.3 is 5.97 Å². The Balaban J connectivity index is 2.45. The van der Waals surface area contributed by atoms with Crippen molar-refractivity contribution in [3.63, 3.8) is 0 Å². The van der Waals surface area contributed by atoms with Gasteiger partial charge in [-0.05, 0) is 6.44 Å². The van der Waals surface area contributed by atoms with Crippen LogP contribution in [-0.4, -0.2) is 54.2 Å². The van der Waals surface area contributed by atoms with E-state index in [2.05, 4.69) is 10.6 Å². The summed E-state index contributed by atoms with van der Waals surface area (Å²) in [4.78, 5) is 33.2. The lowest BCUT2D eigenvalue weighted by molar-refractivity contribution is -0.141. The lowest BCUT2D eigenvalue weighted by Crippen LogP contribution is -2.51. The molecule has 16 heavy (non-hydrogen) atoms. The highest BCUT2D eigenvalue weighted by atomic mass is 32.2. The summed E-state index contributed by atoms with van der Waals surface area (Å²) < 4.78 is 0. The maximum absolute atomic E-state index is 11.4. The highest BCUT2D eigenvalue weighted by Gasteiger charge is 2.33. The number of hydrogen-bond donors (Lipinski definition) is 3. The molecule has 1 saturated heterocycles. The molecule has 1 heterocycles. The summed E-state index contributed by atoms with van der Waals surface area (Å²) in [5, 5.41) is 12.9. The number of carbonyl (C=O) groups is 3. The summed E-state index contributed by atoms with van der Waals surface area (Å²) >= 11 is 1.17. The number of rotatable bonds is 4. The Hall–Kier alpha value is -1.18. The Kier molecular flexibility index (Phi) is 4.66. The Morgan fingerprint density at radius 1 is 1.62 bits per heavy atom. The van der Waals surface area contributed by atoms with E-state index in [0.717, 1.165) is 0 Å². The number of amides is 2. The summed E-state index contributed by atoms with van der Waals surface area (Å²) in [5.74, 6) is -1.53. The zero-order chi connectivity index (χ0) is 12.1. The van der Waals surface area contributed by atoms with E-state index in [9.17, 15) is 14.4 Å². The van der Waals surface area contributed by atoms with Gasteiger partial charge in [-0.15, -0.1) is 11.8 Å². The van der Waals surface area contributed by atoms with Crippen LogP contribution in [0.3, 0.4) is 0 Å². The average Bonchev–Trinajstić information content (AvgIpc) is 2.21. The van der Waals surface area contributed by atoms with Crippen molar-refractivity contribution in [2.75, 3.05) is 12.2 Å². The van der Waals surface area contributed by atoms with Crippen LogP contribution in [0.5, 0.6) is 0 Å². The van der Waals surface area contributed by atoms with Crippen molar-refractivity contribution < 1.29 is 19.5 Å². The van der Waals surface area contributed by atoms with Crippen LogP contribution in [0.15, 0.2) is 0 Å². The van der Waals surface area contributed by atoms with Crippen LogP contribution >= 0.6 is 11.8 Å². The van der Waals surface area contributed by atoms with Crippen LogP contribution in [0.1, 0.15) is 6.42 Å². The quantitative estimate of drug-likeness (QED) is 0.511. The topological polar surface area (TPSA) is 95.5 Å². The maximum Gasteiger partial charge on any atom is 0.327 e. The molecule has 0 aliphatic carbocycles. The highest BCUT2D eigenvalue weighted by molar-refractivity contribution is 8.00. The maximum atomic E-state index is 11.4. The Bertz CT molecular complexity index is 312. The molecule has 2 unspecified atom stereocenters. The van der Waals surface area contributed by atoms with Gasteiger partial charge < -0.3 is 15.7 Å². The zero-order valence-electron chi connectivity index (χ0n) is 8.43. The minimum Gasteiger partial charge on any atom is -0.480 e. The number of carboxylic acid groups (broad SMARTS) is 1. The number of aliphatic carboxylic acids is 1. The zero-order valence-corrected chi connectivity index (χ0v) is 9.25. The lowest BCUT2D eigenvalue weighted by Gasteiger charge is -2.25. The first-order valence-corrected chi connectivity index (χ1v) is 5.71. The van der Waals surface area contributed by atoms with Gasteiger partial charge in [0.15, 0.2) is 0 Å². The van der Waals surface area contributed by atoms with Crippen molar-refractivity contribution in [1.82, 2.24) is 10.6 Å². The molecule has 1 fully saturated rings. The first kappa shape index (κ1) is 12.9. The van der Waals surface area contributed by atoms with Crippen molar-refractivity contribution in [2.24, 2.45) is 0 Å². The molecule has 2 amide bonds. The van der Waals surface area contributed by atoms with Gasteiger partial charge in [0.05, 0.1) is 13.1 Å². The van der Waals surface area contributed by atoms with E-state index in [1.807, 2.05) is 0 Å². The number of hydrogen-bond acceptors (Lipinski definition) is 4. The van der Waals surface area contributed by atoms with Crippen molar-refractivity contribution in [3.05, 3.63) is 0 Å². The second kappa shape index (κ2) is 5.79. The summed E-state index contributed by atoms with van der Waals surface area (Å²) in [5.41, 5.74) is 0. The van der Waals surface area contributed by atoms with Crippen molar-refractivity contribution in [2.45, 2.75) is 17.7 Å². The summed E-state index contributed by atoms with van der Waals surface area (Å²) in [6.45, 7) is 0.